The minimum absolute atomic E-state index is 0.147. The minimum Gasteiger partial charge on any atom is -0.376 e. The highest BCUT2D eigenvalue weighted by Crippen LogP contribution is 2.20. The van der Waals surface area contributed by atoms with Crippen molar-refractivity contribution in [1.82, 2.24) is 15.5 Å². The summed E-state index contributed by atoms with van der Waals surface area (Å²) in [6, 6.07) is 1.28. The van der Waals surface area contributed by atoms with Gasteiger partial charge < -0.3 is 15.4 Å². The second-order valence-electron chi connectivity index (χ2n) is 6.10. The lowest BCUT2D eigenvalue weighted by Crippen LogP contribution is -2.43. The Morgan fingerprint density at radius 1 is 1.26 bits per heavy atom. The summed E-state index contributed by atoms with van der Waals surface area (Å²) in [6.45, 7) is 4.13. The van der Waals surface area contributed by atoms with Crippen LogP contribution < -0.4 is 10.6 Å². The van der Waals surface area contributed by atoms with Gasteiger partial charge in [-0.2, -0.15) is 0 Å². The fraction of sp³-hybridized carbons (Fsp3) is 0.929. The molecule has 5 heteroatoms. The van der Waals surface area contributed by atoms with E-state index in [2.05, 4.69) is 15.5 Å². The maximum atomic E-state index is 12.0. The van der Waals surface area contributed by atoms with Crippen LogP contribution in [-0.4, -0.2) is 61.8 Å². The molecule has 0 aliphatic carbocycles. The van der Waals surface area contributed by atoms with E-state index < -0.39 is 0 Å². The van der Waals surface area contributed by atoms with Crippen LogP contribution >= 0.6 is 0 Å². The Morgan fingerprint density at radius 3 is 3.00 bits per heavy atom. The first kappa shape index (κ1) is 13.3. The van der Waals surface area contributed by atoms with Gasteiger partial charge in [0.15, 0.2) is 0 Å². The highest BCUT2D eigenvalue weighted by molar-refractivity contribution is 5.78. The van der Waals surface area contributed by atoms with Crippen LogP contribution in [0.1, 0.15) is 32.1 Å². The lowest BCUT2D eigenvalue weighted by atomic mass is 10.1. The molecule has 108 valence electrons. The van der Waals surface area contributed by atoms with Crippen molar-refractivity contribution in [3.63, 3.8) is 0 Å². The Hall–Kier alpha value is -0.650. The van der Waals surface area contributed by atoms with Crippen molar-refractivity contribution in [2.45, 2.75) is 50.3 Å². The SMILES string of the molecule is O=C(CN1CC[C@H]2CC[C@@H](C1)N2)NC[C@@H]1CCCO1. The zero-order valence-electron chi connectivity index (χ0n) is 11.6. The molecule has 1 amide bonds. The minimum atomic E-state index is 0.147. The highest BCUT2D eigenvalue weighted by atomic mass is 16.5. The van der Waals surface area contributed by atoms with Gasteiger partial charge in [-0.25, -0.2) is 0 Å². The Bertz CT molecular complexity index is 318. The zero-order valence-corrected chi connectivity index (χ0v) is 11.6. The van der Waals surface area contributed by atoms with Crippen LogP contribution in [0.2, 0.25) is 0 Å². The number of hydrogen-bond acceptors (Lipinski definition) is 4. The van der Waals surface area contributed by atoms with Crippen molar-refractivity contribution >= 4 is 5.91 Å². The van der Waals surface area contributed by atoms with Gasteiger partial charge in [0, 0.05) is 38.3 Å². The lowest BCUT2D eigenvalue weighted by molar-refractivity contribution is -0.122. The normalized spacial score (nSPS) is 35.3. The monoisotopic (exact) mass is 267 g/mol. The van der Waals surface area contributed by atoms with Crippen molar-refractivity contribution in [2.24, 2.45) is 0 Å². The average molecular weight is 267 g/mol. The largest absolute Gasteiger partial charge is 0.376 e. The topological polar surface area (TPSA) is 53.6 Å². The van der Waals surface area contributed by atoms with E-state index in [0.717, 1.165) is 32.5 Å². The van der Waals surface area contributed by atoms with Gasteiger partial charge in [-0.15, -0.1) is 0 Å². The van der Waals surface area contributed by atoms with Gasteiger partial charge >= 0.3 is 0 Å². The molecule has 3 aliphatic heterocycles. The quantitative estimate of drug-likeness (QED) is 0.759. The first-order valence-corrected chi connectivity index (χ1v) is 7.66. The molecule has 19 heavy (non-hydrogen) atoms. The van der Waals surface area contributed by atoms with Gasteiger partial charge in [-0.05, 0) is 32.1 Å². The molecule has 0 spiro atoms. The maximum Gasteiger partial charge on any atom is 0.234 e. The maximum absolute atomic E-state index is 12.0. The van der Waals surface area contributed by atoms with Crippen LogP contribution in [-0.2, 0) is 9.53 Å². The summed E-state index contributed by atoms with van der Waals surface area (Å²) in [7, 11) is 0. The van der Waals surface area contributed by atoms with E-state index in [9.17, 15) is 4.79 Å². The van der Waals surface area contributed by atoms with E-state index >= 15 is 0 Å². The number of carbonyl (C=O) groups excluding carboxylic acids is 1. The first-order chi connectivity index (χ1) is 9.29. The Balaban J connectivity index is 1.39. The van der Waals surface area contributed by atoms with Crippen LogP contribution in [0.4, 0.5) is 0 Å². The number of nitrogens with one attached hydrogen (secondary N) is 2. The molecular formula is C14H25N3O2. The lowest BCUT2D eigenvalue weighted by Gasteiger charge is -2.23. The van der Waals surface area contributed by atoms with E-state index in [4.69, 9.17) is 4.74 Å². The number of amides is 1. The fourth-order valence-electron chi connectivity index (χ4n) is 3.45. The van der Waals surface area contributed by atoms with Crippen molar-refractivity contribution in [3.05, 3.63) is 0 Å². The van der Waals surface area contributed by atoms with E-state index in [1.54, 1.807) is 0 Å². The summed E-state index contributed by atoms with van der Waals surface area (Å²) in [5.74, 6) is 0.147. The number of nitrogens with zero attached hydrogens (tertiary/aromatic N) is 1. The molecule has 0 saturated carbocycles. The van der Waals surface area contributed by atoms with Crippen molar-refractivity contribution in [2.75, 3.05) is 32.8 Å². The molecule has 3 fully saturated rings. The average Bonchev–Trinajstić information content (AvgIpc) is 2.99. The van der Waals surface area contributed by atoms with Crippen molar-refractivity contribution in [1.29, 1.82) is 0 Å². The molecule has 0 aromatic heterocycles. The Labute approximate surface area is 115 Å². The van der Waals surface area contributed by atoms with Crippen molar-refractivity contribution in [3.8, 4) is 0 Å². The van der Waals surface area contributed by atoms with Crippen molar-refractivity contribution < 1.29 is 9.53 Å². The molecule has 5 nitrogen and oxygen atoms in total. The van der Waals surface area contributed by atoms with E-state index in [1.807, 2.05) is 0 Å². The van der Waals surface area contributed by atoms with Crippen LogP contribution in [0.15, 0.2) is 0 Å². The van der Waals surface area contributed by atoms with Gasteiger partial charge in [0.2, 0.25) is 5.91 Å². The van der Waals surface area contributed by atoms with Gasteiger partial charge in [0.25, 0.3) is 0 Å². The second-order valence-corrected chi connectivity index (χ2v) is 6.10. The number of fused-ring (bicyclic) bond motifs is 2. The summed E-state index contributed by atoms with van der Waals surface area (Å²) in [6.07, 6.45) is 6.20. The molecule has 3 rings (SSSR count). The molecule has 3 aliphatic rings. The molecule has 0 aromatic carbocycles. The van der Waals surface area contributed by atoms with Gasteiger partial charge in [0.1, 0.15) is 0 Å². The Kier molecular flexibility index (Phi) is 4.35. The third kappa shape index (κ3) is 3.68. The second kappa shape index (κ2) is 6.20. The molecular weight excluding hydrogens is 242 g/mol. The summed E-state index contributed by atoms with van der Waals surface area (Å²) in [5.41, 5.74) is 0. The smallest absolute Gasteiger partial charge is 0.234 e. The van der Waals surface area contributed by atoms with E-state index in [0.29, 0.717) is 25.2 Å². The van der Waals surface area contributed by atoms with Gasteiger partial charge in [-0.1, -0.05) is 0 Å². The molecule has 0 unspecified atom stereocenters. The number of rotatable bonds is 4. The van der Waals surface area contributed by atoms with Crippen LogP contribution in [0, 0.1) is 0 Å². The van der Waals surface area contributed by atoms with E-state index in [-0.39, 0.29) is 12.0 Å². The molecule has 0 aromatic rings. The van der Waals surface area contributed by atoms with Gasteiger partial charge in [0.05, 0.1) is 12.6 Å². The van der Waals surface area contributed by atoms with Crippen LogP contribution in [0.5, 0.6) is 0 Å². The molecule has 3 heterocycles. The standard InChI is InChI=1S/C14H25N3O2/c18-14(15-8-13-2-1-7-19-13)10-17-6-5-11-3-4-12(9-17)16-11/h11-13,16H,1-10H2,(H,15,18)/t11-,12+,13+/m1/s1. The highest BCUT2D eigenvalue weighted by Gasteiger charge is 2.29. The van der Waals surface area contributed by atoms with Crippen LogP contribution in [0.25, 0.3) is 0 Å². The summed E-state index contributed by atoms with van der Waals surface area (Å²) < 4.78 is 5.52. The van der Waals surface area contributed by atoms with E-state index in [1.165, 1.54) is 19.3 Å². The number of carbonyl (C=O) groups is 1. The summed E-state index contributed by atoms with van der Waals surface area (Å²) >= 11 is 0. The van der Waals surface area contributed by atoms with Gasteiger partial charge in [-0.3, -0.25) is 9.69 Å². The third-order valence-corrected chi connectivity index (χ3v) is 4.53. The molecule has 3 atom stereocenters. The summed E-state index contributed by atoms with van der Waals surface area (Å²) in [4.78, 5) is 14.3. The number of hydrogen-bond donors (Lipinski definition) is 2. The zero-order chi connectivity index (χ0) is 13.1. The predicted molar refractivity (Wildman–Crippen MR) is 73.0 cm³/mol. The Morgan fingerprint density at radius 2 is 2.16 bits per heavy atom. The molecule has 2 N–H and O–H groups in total. The molecule has 2 bridgehead atoms. The summed E-state index contributed by atoms with van der Waals surface area (Å²) in [5, 5.41) is 6.65. The first-order valence-electron chi connectivity index (χ1n) is 7.66. The number of likely N-dealkylation sites (tertiary alicyclic amines) is 1. The molecule has 3 saturated heterocycles. The predicted octanol–water partition coefficient (Wildman–Crippen LogP) is 0.108. The number of ether oxygens (including phenoxy) is 1. The fourth-order valence-corrected chi connectivity index (χ4v) is 3.45. The third-order valence-electron chi connectivity index (χ3n) is 4.53. The van der Waals surface area contributed by atoms with Crippen LogP contribution in [0.3, 0.4) is 0 Å². The molecule has 0 radical (unpaired) electrons.